The molecule has 0 saturated heterocycles. The number of rotatable bonds is 4. The van der Waals surface area contributed by atoms with E-state index in [-0.39, 0.29) is 34.2 Å². The predicted molar refractivity (Wildman–Crippen MR) is 104 cm³/mol. The number of anilines is 2. The van der Waals surface area contributed by atoms with Crippen molar-refractivity contribution in [2.75, 3.05) is 23.8 Å². The fourth-order valence-electron chi connectivity index (χ4n) is 3.05. The maximum Gasteiger partial charge on any atom is 0.417 e. The first kappa shape index (κ1) is 20.8. The highest BCUT2D eigenvalue weighted by molar-refractivity contribution is 6.29. The largest absolute Gasteiger partial charge is 0.417 e. The minimum atomic E-state index is -4.59. The highest BCUT2D eigenvalue weighted by atomic mass is 35.5. The summed E-state index contributed by atoms with van der Waals surface area (Å²) in [6, 6.07) is 4.04. The molecule has 1 amide bonds. The van der Waals surface area contributed by atoms with Crippen LogP contribution in [0.5, 0.6) is 0 Å². The fourth-order valence-corrected chi connectivity index (χ4v) is 3.30. The van der Waals surface area contributed by atoms with E-state index in [2.05, 4.69) is 20.4 Å². The SMILES string of the molecule is Cc1cc(NC(=O)CN(C)c2cc(C(F)(F)F)c3c(C)nn(C)c3n2)cc(Cl)n1. The molecule has 0 radical (unpaired) electrons. The molecule has 0 aliphatic carbocycles. The van der Waals surface area contributed by atoms with Gasteiger partial charge in [-0.05, 0) is 32.0 Å². The molecule has 3 heterocycles. The Labute approximate surface area is 169 Å². The topological polar surface area (TPSA) is 75.9 Å². The molecule has 0 spiro atoms. The smallest absolute Gasteiger partial charge is 0.350 e. The van der Waals surface area contributed by atoms with Crippen LogP contribution in [0.3, 0.4) is 0 Å². The summed E-state index contributed by atoms with van der Waals surface area (Å²) in [5.41, 5.74) is 0.555. The van der Waals surface area contributed by atoms with E-state index in [0.29, 0.717) is 11.4 Å². The molecule has 0 saturated carbocycles. The van der Waals surface area contributed by atoms with Gasteiger partial charge in [-0.2, -0.15) is 18.3 Å². The summed E-state index contributed by atoms with van der Waals surface area (Å²) in [4.78, 5) is 22.0. The number of hydrogen-bond acceptors (Lipinski definition) is 5. The molecule has 0 aliphatic rings. The Balaban J connectivity index is 1.89. The molecule has 0 aromatic carbocycles. The van der Waals surface area contributed by atoms with Gasteiger partial charge in [0.15, 0.2) is 5.65 Å². The number of pyridine rings is 2. The lowest BCUT2D eigenvalue weighted by atomic mass is 10.1. The monoisotopic (exact) mass is 426 g/mol. The van der Waals surface area contributed by atoms with Gasteiger partial charge in [0.25, 0.3) is 0 Å². The van der Waals surface area contributed by atoms with Crippen molar-refractivity contribution in [3.8, 4) is 0 Å². The van der Waals surface area contributed by atoms with E-state index in [1.807, 2.05) is 0 Å². The van der Waals surface area contributed by atoms with Crippen LogP contribution in [0.4, 0.5) is 24.7 Å². The van der Waals surface area contributed by atoms with Gasteiger partial charge < -0.3 is 10.2 Å². The van der Waals surface area contributed by atoms with Crippen molar-refractivity contribution in [1.29, 1.82) is 0 Å². The van der Waals surface area contributed by atoms with Gasteiger partial charge in [-0.25, -0.2) is 9.97 Å². The van der Waals surface area contributed by atoms with Crippen molar-refractivity contribution in [2.24, 2.45) is 7.05 Å². The minimum Gasteiger partial charge on any atom is -0.350 e. The summed E-state index contributed by atoms with van der Waals surface area (Å²) in [6.45, 7) is 3.00. The second-order valence-corrected chi connectivity index (χ2v) is 7.04. The van der Waals surface area contributed by atoms with Gasteiger partial charge in [-0.1, -0.05) is 11.6 Å². The minimum absolute atomic E-state index is 0.00640. The number of likely N-dealkylation sites (N-methyl/N-ethyl adjacent to an activating group) is 1. The Morgan fingerprint density at radius 1 is 1.24 bits per heavy atom. The van der Waals surface area contributed by atoms with Crippen molar-refractivity contribution in [2.45, 2.75) is 20.0 Å². The number of nitrogens with zero attached hydrogens (tertiary/aromatic N) is 5. The molecule has 11 heteroatoms. The summed E-state index contributed by atoms with van der Waals surface area (Å²) < 4.78 is 42.1. The van der Waals surface area contributed by atoms with Crippen molar-refractivity contribution in [3.63, 3.8) is 0 Å². The number of hydrogen-bond donors (Lipinski definition) is 1. The van der Waals surface area contributed by atoms with Gasteiger partial charge in [0.2, 0.25) is 5.91 Å². The lowest BCUT2D eigenvalue weighted by Gasteiger charge is -2.20. The lowest BCUT2D eigenvalue weighted by Crippen LogP contribution is -2.31. The van der Waals surface area contributed by atoms with Crippen LogP contribution < -0.4 is 10.2 Å². The molecular formula is C18H18ClF3N6O. The Kier molecular flexibility index (Phi) is 5.40. The second-order valence-electron chi connectivity index (χ2n) is 6.66. The van der Waals surface area contributed by atoms with Crippen LogP contribution in [0.25, 0.3) is 11.0 Å². The van der Waals surface area contributed by atoms with E-state index in [0.717, 1.165) is 6.07 Å². The number of aryl methyl sites for hydroxylation is 3. The van der Waals surface area contributed by atoms with Crippen LogP contribution in [0, 0.1) is 13.8 Å². The number of halogens is 4. The number of carbonyl (C=O) groups excluding carboxylic acids is 1. The van der Waals surface area contributed by atoms with E-state index < -0.39 is 17.6 Å². The summed E-state index contributed by atoms with van der Waals surface area (Å²) in [5.74, 6) is -0.433. The van der Waals surface area contributed by atoms with E-state index in [1.165, 1.54) is 36.7 Å². The third-order valence-corrected chi connectivity index (χ3v) is 4.43. The highest BCUT2D eigenvalue weighted by Gasteiger charge is 2.35. The number of nitrogens with one attached hydrogen (secondary N) is 1. The molecule has 3 aromatic heterocycles. The quantitative estimate of drug-likeness (QED) is 0.643. The normalized spacial score (nSPS) is 11.7. The van der Waals surface area contributed by atoms with E-state index in [1.54, 1.807) is 13.0 Å². The summed E-state index contributed by atoms with van der Waals surface area (Å²) in [5, 5.41) is 6.86. The molecule has 0 fully saturated rings. The predicted octanol–water partition coefficient (Wildman–Crippen LogP) is 3.73. The Morgan fingerprint density at radius 2 is 1.93 bits per heavy atom. The summed E-state index contributed by atoms with van der Waals surface area (Å²) in [7, 11) is 3.01. The zero-order valence-corrected chi connectivity index (χ0v) is 16.9. The first-order valence-electron chi connectivity index (χ1n) is 8.52. The standard InChI is InChI=1S/C18H18ClF3N6O/c1-9-5-11(6-13(19)23-9)24-15(29)8-27(3)14-7-12(18(20,21)22)16-10(2)26-28(4)17(16)25-14/h5-7H,8H2,1-4H3,(H,23,24,29). The van der Waals surface area contributed by atoms with E-state index in [9.17, 15) is 18.0 Å². The van der Waals surface area contributed by atoms with Crippen molar-refractivity contribution >= 4 is 40.0 Å². The summed E-state index contributed by atoms with van der Waals surface area (Å²) in [6.07, 6.45) is -4.59. The zero-order chi connectivity index (χ0) is 21.5. The zero-order valence-electron chi connectivity index (χ0n) is 16.1. The average molecular weight is 427 g/mol. The van der Waals surface area contributed by atoms with Gasteiger partial charge in [0, 0.05) is 25.5 Å². The van der Waals surface area contributed by atoms with Gasteiger partial charge in [0.1, 0.15) is 11.0 Å². The molecule has 29 heavy (non-hydrogen) atoms. The lowest BCUT2D eigenvalue weighted by molar-refractivity contribution is -0.136. The number of aromatic nitrogens is 4. The van der Waals surface area contributed by atoms with E-state index >= 15 is 0 Å². The molecule has 154 valence electrons. The van der Waals surface area contributed by atoms with Crippen LogP contribution >= 0.6 is 11.6 Å². The molecule has 0 aliphatic heterocycles. The van der Waals surface area contributed by atoms with Gasteiger partial charge in [-0.15, -0.1) is 0 Å². The van der Waals surface area contributed by atoms with Crippen molar-refractivity contribution in [1.82, 2.24) is 19.7 Å². The van der Waals surface area contributed by atoms with Gasteiger partial charge >= 0.3 is 6.18 Å². The first-order valence-corrected chi connectivity index (χ1v) is 8.90. The Bertz CT molecular complexity index is 1080. The van der Waals surface area contributed by atoms with E-state index in [4.69, 9.17) is 11.6 Å². The van der Waals surface area contributed by atoms with Crippen LogP contribution in [-0.4, -0.2) is 39.2 Å². The Morgan fingerprint density at radius 3 is 2.55 bits per heavy atom. The first-order chi connectivity index (χ1) is 13.5. The van der Waals surface area contributed by atoms with Gasteiger partial charge in [0.05, 0.1) is 23.2 Å². The molecule has 7 nitrogen and oxygen atoms in total. The third kappa shape index (κ3) is 4.42. The molecule has 0 atom stereocenters. The number of carbonyl (C=O) groups is 1. The maximum absolute atomic E-state index is 13.6. The van der Waals surface area contributed by atoms with Crippen LogP contribution in [-0.2, 0) is 18.0 Å². The molecule has 0 unspecified atom stereocenters. The molecule has 1 N–H and O–H groups in total. The van der Waals surface area contributed by atoms with Gasteiger partial charge in [-0.3, -0.25) is 9.48 Å². The van der Waals surface area contributed by atoms with Crippen molar-refractivity contribution in [3.05, 3.63) is 40.3 Å². The second kappa shape index (κ2) is 7.51. The third-order valence-electron chi connectivity index (χ3n) is 4.24. The fraction of sp³-hybridized carbons (Fsp3) is 0.333. The molecule has 3 aromatic rings. The number of fused-ring (bicyclic) bond motifs is 1. The van der Waals surface area contributed by atoms with Crippen LogP contribution in [0.2, 0.25) is 5.15 Å². The van der Waals surface area contributed by atoms with Crippen molar-refractivity contribution < 1.29 is 18.0 Å². The number of alkyl halides is 3. The Hall–Kier alpha value is -2.88. The summed E-state index contributed by atoms with van der Waals surface area (Å²) >= 11 is 5.87. The molecule has 0 bridgehead atoms. The highest BCUT2D eigenvalue weighted by Crippen LogP contribution is 2.37. The van der Waals surface area contributed by atoms with Crippen LogP contribution in [0.15, 0.2) is 18.2 Å². The maximum atomic E-state index is 13.6. The van der Waals surface area contributed by atoms with Crippen LogP contribution in [0.1, 0.15) is 17.0 Å². The number of amides is 1. The molecular weight excluding hydrogens is 409 g/mol. The average Bonchev–Trinajstić information content (AvgIpc) is 2.86. The molecule has 3 rings (SSSR count).